The predicted octanol–water partition coefficient (Wildman–Crippen LogP) is 3.37. The van der Waals surface area contributed by atoms with Gasteiger partial charge in [0.15, 0.2) is 0 Å². The zero-order valence-electron chi connectivity index (χ0n) is 10.3. The second-order valence-electron chi connectivity index (χ2n) is 4.74. The molecule has 1 aliphatic carbocycles. The molecule has 0 aliphatic heterocycles. The highest BCUT2D eigenvalue weighted by molar-refractivity contribution is 5.90. The average molecular weight is 245 g/mol. The SMILES string of the molecule is CC1CCC(c2ccccc2[N+](=O)[O-])=C(C=O)C1. The number of nitro groups is 1. The molecule has 0 bridgehead atoms. The van der Waals surface area contributed by atoms with E-state index >= 15 is 0 Å². The summed E-state index contributed by atoms with van der Waals surface area (Å²) < 4.78 is 0. The lowest BCUT2D eigenvalue weighted by Gasteiger charge is -2.22. The first-order chi connectivity index (χ1) is 8.63. The standard InChI is InChI=1S/C14H15NO3/c1-10-6-7-12(11(8-10)9-16)13-4-2-3-5-14(13)15(17)18/h2-5,9-10H,6-8H2,1H3. The van der Waals surface area contributed by atoms with E-state index in [9.17, 15) is 14.9 Å². The third kappa shape index (κ3) is 2.32. The van der Waals surface area contributed by atoms with Crippen LogP contribution in [0.1, 0.15) is 31.7 Å². The Hall–Kier alpha value is -1.97. The summed E-state index contributed by atoms with van der Waals surface area (Å²) in [5, 5.41) is 11.0. The second kappa shape index (κ2) is 5.12. The predicted molar refractivity (Wildman–Crippen MR) is 69.1 cm³/mol. The van der Waals surface area contributed by atoms with Crippen molar-refractivity contribution in [2.75, 3.05) is 0 Å². The highest BCUT2D eigenvalue weighted by atomic mass is 16.6. The summed E-state index contributed by atoms with van der Waals surface area (Å²) in [6.45, 7) is 2.10. The molecule has 1 aromatic carbocycles. The lowest BCUT2D eigenvalue weighted by molar-refractivity contribution is -0.385. The number of carbonyl (C=O) groups is 1. The van der Waals surface area contributed by atoms with Crippen LogP contribution in [0.15, 0.2) is 29.8 Å². The van der Waals surface area contributed by atoms with Gasteiger partial charge in [0.2, 0.25) is 0 Å². The molecule has 0 fully saturated rings. The molecule has 0 heterocycles. The Labute approximate surface area is 105 Å². The topological polar surface area (TPSA) is 60.2 Å². The minimum atomic E-state index is -0.386. The van der Waals surface area contributed by atoms with Crippen molar-refractivity contribution >= 4 is 17.5 Å². The molecular weight excluding hydrogens is 230 g/mol. The van der Waals surface area contributed by atoms with Crippen LogP contribution in [0.2, 0.25) is 0 Å². The third-order valence-electron chi connectivity index (χ3n) is 3.41. The van der Waals surface area contributed by atoms with Crippen molar-refractivity contribution in [2.24, 2.45) is 5.92 Å². The Morgan fingerprint density at radius 2 is 2.11 bits per heavy atom. The van der Waals surface area contributed by atoms with Gasteiger partial charge in [-0.3, -0.25) is 14.9 Å². The largest absolute Gasteiger partial charge is 0.298 e. The van der Waals surface area contributed by atoms with Gasteiger partial charge >= 0.3 is 0 Å². The van der Waals surface area contributed by atoms with Gasteiger partial charge in [-0.15, -0.1) is 0 Å². The van der Waals surface area contributed by atoms with Crippen molar-refractivity contribution in [1.82, 2.24) is 0 Å². The van der Waals surface area contributed by atoms with Crippen molar-refractivity contribution in [3.8, 4) is 0 Å². The first kappa shape index (κ1) is 12.5. The molecule has 1 aliphatic rings. The molecule has 0 saturated carbocycles. The van der Waals surface area contributed by atoms with Crippen molar-refractivity contribution in [3.63, 3.8) is 0 Å². The molecule has 0 spiro atoms. The number of para-hydroxylation sites is 1. The van der Waals surface area contributed by atoms with E-state index in [0.29, 0.717) is 23.5 Å². The number of benzene rings is 1. The summed E-state index contributed by atoms with van der Waals surface area (Å²) in [6.07, 6.45) is 3.27. The molecule has 0 radical (unpaired) electrons. The molecule has 2 rings (SSSR count). The van der Waals surface area contributed by atoms with E-state index in [1.54, 1.807) is 18.2 Å². The Balaban J connectivity index is 2.53. The number of hydrogen-bond donors (Lipinski definition) is 0. The molecule has 1 aromatic rings. The van der Waals surface area contributed by atoms with Gasteiger partial charge in [0.1, 0.15) is 6.29 Å². The molecule has 0 saturated heterocycles. The Bertz CT molecular complexity index is 520. The second-order valence-corrected chi connectivity index (χ2v) is 4.74. The fourth-order valence-electron chi connectivity index (χ4n) is 2.47. The van der Waals surface area contributed by atoms with Crippen LogP contribution >= 0.6 is 0 Å². The molecular formula is C14H15NO3. The van der Waals surface area contributed by atoms with Gasteiger partial charge in [0, 0.05) is 6.07 Å². The van der Waals surface area contributed by atoms with Crippen molar-refractivity contribution < 1.29 is 9.72 Å². The van der Waals surface area contributed by atoms with Crippen molar-refractivity contribution in [1.29, 1.82) is 0 Å². The Morgan fingerprint density at radius 1 is 1.39 bits per heavy atom. The molecule has 18 heavy (non-hydrogen) atoms. The average Bonchev–Trinajstić information content (AvgIpc) is 2.38. The van der Waals surface area contributed by atoms with Crippen molar-refractivity contribution in [2.45, 2.75) is 26.2 Å². The number of nitro benzene ring substituents is 1. The maximum Gasteiger partial charge on any atom is 0.276 e. The van der Waals surface area contributed by atoms with Gasteiger partial charge < -0.3 is 0 Å². The zero-order valence-corrected chi connectivity index (χ0v) is 10.3. The number of carbonyl (C=O) groups excluding carboxylic acids is 1. The summed E-state index contributed by atoms with van der Waals surface area (Å²) in [6, 6.07) is 6.64. The van der Waals surface area contributed by atoms with E-state index in [4.69, 9.17) is 0 Å². The summed E-state index contributed by atoms with van der Waals surface area (Å²) in [5.74, 6) is 0.469. The van der Waals surface area contributed by atoms with E-state index in [0.717, 1.165) is 24.7 Å². The van der Waals surface area contributed by atoms with Crippen LogP contribution in [-0.4, -0.2) is 11.2 Å². The van der Waals surface area contributed by atoms with Gasteiger partial charge in [-0.25, -0.2) is 0 Å². The van der Waals surface area contributed by atoms with E-state index < -0.39 is 0 Å². The number of aldehydes is 1. The van der Waals surface area contributed by atoms with E-state index in [1.165, 1.54) is 6.07 Å². The van der Waals surface area contributed by atoms with Gasteiger partial charge in [0.25, 0.3) is 5.69 Å². The van der Waals surface area contributed by atoms with Crippen LogP contribution < -0.4 is 0 Å². The lowest BCUT2D eigenvalue weighted by Crippen LogP contribution is -2.09. The maximum absolute atomic E-state index is 11.1. The van der Waals surface area contributed by atoms with Crippen LogP contribution in [0, 0.1) is 16.0 Å². The molecule has 0 N–H and O–H groups in total. The van der Waals surface area contributed by atoms with E-state index in [-0.39, 0.29) is 10.6 Å². The molecule has 4 nitrogen and oxygen atoms in total. The maximum atomic E-state index is 11.1. The summed E-state index contributed by atoms with van der Waals surface area (Å²) >= 11 is 0. The first-order valence-electron chi connectivity index (χ1n) is 6.04. The van der Waals surface area contributed by atoms with Gasteiger partial charge in [-0.1, -0.05) is 19.1 Å². The molecule has 0 aromatic heterocycles. The van der Waals surface area contributed by atoms with Gasteiger partial charge in [-0.05, 0) is 42.4 Å². The van der Waals surface area contributed by atoms with Crippen LogP contribution in [0.3, 0.4) is 0 Å². The minimum Gasteiger partial charge on any atom is -0.298 e. The summed E-state index contributed by atoms with van der Waals surface area (Å²) in [4.78, 5) is 21.8. The number of allylic oxidation sites excluding steroid dienone is 2. The van der Waals surface area contributed by atoms with Crippen LogP contribution in [0.25, 0.3) is 5.57 Å². The molecule has 0 amide bonds. The smallest absolute Gasteiger partial charge is 0.276 e. The van der Waals surface area contributed by atoms with Crippen LogP contribution in [0.4, 0.5) is 5.69 Å². The minimum absolute atomic E-state index is 0.0846. The first-order valence-corrected chi connectivity index (χ1v) is 6.04. The fraction of sp³-hybridized carbons (Fsp3) is 0.357. The quantitative estimate of drug-likeness (QED) is 0.466. The Morgan fingerprint density at radius 3 is 2.78 bits per heavy atom. The monoisotopic (exact) mass is 245 g/mol. The van der Waals surface area contributed by atoms with E-state index in [1.807, 2.05) is 0 Å². The fourth-order valence-corrected chi connectivity index (χ4v) is 2.47. The number of hydrogen-bond acceptors (Lipinski definition) is 3. The highest BCUT2D eigenvalue weighted by Crippen LogP contribution is 2.37. The van der Waals surface area contributed by atoms with Gasteiger partial charge in [-0.2, -0.15) is 0 Å². The highest BCUT2D eigenvalue weighted by Gasteiger charge is 2.23. The Kier molecular flexibility index (Phi) is 3.55. The normalized spacial score (nSPS) is 19.7. The summed E-state index contributed by atoms with van der Waals surface area (Å²) in [7, 11) is 0. The van der Waals surface area contributed by atoms with Gasteiger partial charge in [0.05, 0.1) is 10.5 Å². The van der Waals surface area contributed by atoms with Crippen LogP contribution in [-0.2, 0) is 4.79 Å². The lowest BCUT2D eigenvalue weighted by atomic mass is 9.82. The molecule has 94 valence electrons. The summed E-state index contributed by atoms with van der Waals surface area (Å²) in [5.41, 5.74) is 2.23. The van der Waals surface area contributed by atoms with Crippen molar-refractivity contribution in [3.05, 3.63) is 45.5 Å². The molecule has 4 heteroatoms. The van der Waals surface area contributed by atoms with E-state index in [2.05, 4.69) is 6.92 Å². The third-order valence-corrected chi connectivity index (χ3v) is 3.41. The zero-order chi connectivity index (χ0) is 13.1. The number of nitrogens with zero attached hydrogens (tertiary/aromatic N) is 1. The molecule has 1 atom stereocenters. The molecule has 1 unspecified atom stereocenters. The van der Waals surface area contributed by atoms with Crippen LogP contribution in [0.5, 0.6) is 0 Å². The number of rotatable bonds is 3.